The van der Waals surface area contributed by atoms with Crippen molar-refractivity contribution in [2.24, 2.45) is 0 Å². The maximum Gasteiger partial charge on any atom is 0.218 e. The van der Waals surface area contributed by atoms with Gasteiger partial charge in [-0.25, -0.2) is 4.98 Å². The van der Waals surface area contributed by atoms with E-state index in [0.717, 1.165) is 22.8 Å². The highest BCUT2D eigenvalue weighted by Crippen LogP contribution is 2.22. The lowest BCUT2D eigenvalue weighted by atomic mass is 10.1. The first-order valence-electron chi connectivity index (χ1n) is 6.34. The second-order valence-electron chi connectivity index (χ2n) is 4.52. The summed E-state index contributed by atoms with van der Waals surface area (Å²) in [4.78, 5) is 15.4. The van der Waals surface area contributed by atoms with E-state index >= 15 is 0 Å². The number of carbonyl (C=O) groups is 1. The summed E-state index contributed by atoms with van der Waals surface area (Å²) in [5.41, 5.74) is 2.61. The van der Waals surface area contributed by atoms with Gasteiger partial charge in [0, 0.05) is 28.9 Å². The molecule has 0 radical (unpaired) electrons. The molecule has 2 heterocycles. The topological polar surface area (TPSA) is 44.1 Å². The van der Waals surface area contributed by atoms with Crippen LogP contribution in [-0.2, 0) is 6.54 Å². The molecule has 0 N–H and O–H groups in total. The smallest absolute Gasteiger partial charge is 0.218 e. The van der Waals surface area contributed by atoms with Crippen LogP contribution in [0, 0.1) is 0 Å². The standard InChI is InChI=1S/C16H14N2O2/c1-20-16-13(6-3-8-17-16)10-18-9-7-12-4-2-5-14(11-19)15(12)18/h2-9,11H,10H2,1H3. The van der Waals surface area contributed by atoms with Gasteiger partial charge in [-0.2, -0.15) is 0 Å². The van der Waals surface area contributed by atoms with E-state index in [0.29, 0.717) is 18.0 Å². The van der Waals surface area contributed by atoms with Crippen molar-refractivity contribution in [3.05, 3.63) is 59.9 Å². The average molecular weight is 266 g/mol. The summed E-state index contributed by atoms with van der Waals surface area (Å²) >= 11 is 0. The Bertz CT molecular complexity index is 762. The molecule has 0 bridgehead atoms. The Morgan fingerprint density at radius 3 is 2.95 bits per heavy atom. The minimum atomic E-state index is 0.609. The number of aldehydes is 1. The minimum absolute atomic E-state index is 0.609. The lowest BCUT2D eigenvalue weighted by Gasteiger charge is -2.10. The van der Waals surface area contributed by atoms with Gasteiger partial charge in [-0.3, -0.25) is 4.79 Å². The first kappa shape index (κ1) is 12.4. The van der Waals surface area contributed by atoms with Crippen LogP contribution in [0.3, 0.4) is 0 Å². The quantitative estimate of drug-likeness (QED) is 0.682. The van der Waals surface area contributed by atoms with Crippen LogP contribution in [0.15, 0.2) is 48.8 Å². The molecule has 0 atom stereocenters. The number of ether oxygens (including phenoxy) is 1. The van der Waals surface area contributed by atoms with Crippen molar-refractivity contribution in [3.63, 3.8) is 0 Å². The maximum atomic E-state index is 11.2. The Morgan fingerprint density at radius 2 is 2.15 bits per heavy atom. The summed E-state index contributed by atoms with van der Waals surface area (Å²) in [6.45, 7) is 0.616. The molecule has 0 unspecified atom stereocenters. The SMILES string of the molecule is COc1ncccc1Cn1ccc2cccc(C=O)c21. The molecule has 3 rings (SSSR count). The zero-order valence-electron chi connectivity index (χ0n) is 11.1. The minimum Gasteiger partial charge on any atom is -0.481 e. The first-order chi connectivity index (χ1) is 9.83. The van der Waals surface area contributed by atoms with E-state index in [4.69, 9.17) is 4.74 Å². The van der Waals surface area contributed by atoms with E-state index in [9.17, 15) is 4.79 Å². The van der Waals surface area contributed by atoms with E-state index in [-0.39, 0.29) is 0 Å². The number of rotatable bonds is 4. The normalized spacial score (nSPS) is 10.7. The van der Waals surface area contributed by atoms with Crippen LogP contribution in [0.1, 0.15) is 15.9 Å². The molecule has 0 saturated carbocycles. The van der Waals surface area contributed by atoms with E-state index in [1.54, 1.807) is 13.3 Å². The summed E-state index contributed by atoms with van der Waals surface area (Å²) in [7, 11) is 1.61. The molecule has 0 saturated heterocycles. The molecule has 4 heteroatoms. The van der Waals surface area contributed by atoms with Gasteiger partial charge in [0.1, 0.15) is 0 Å². The van der Waals surface area contributed by atoms with Gasteiger partial charge in [0.25, 0.3) is 0 Å². The summed E-state index contributed by atoms with van der Waals surface area (Å²) in [5.74, 6) is 0.609. The van der Waals surface area contributed by atoms with Crippen molar-refractivity contribution < 1.29 is 9.53 Å². The highest BCUT2D eigenvalue weighted by Gasteiger charge is 2.09. The Labute approximate surface area is 116 Å². The predicted octanol–water partition coefficient (Wildman–Crippen LogP) is 2.91. The van der Waals surface area contributed by atoms with Crippen molar-refractivity contribution in [1.29, 1.82) is 0 Å². The fourth-order valence-electron chi connectivity index (χ4n) is 2.43. The van der Waals surface area contributed by atoms with E-state index in [1.165, 1.54) is 0 Å². The molecule has 4 nitrogen and oxygen atoms in total. The van der Waals surface area contributed by atoms with Crippen molar-refractivity contribution >= 4 is 17.2 Å². The van der Waals surface area contributed by atoms with Gasteiger partial charge >= 0.3 is 0 Å². The molecular weight excluding hydrogens is 252 g/mol. The number of para-hydroxylation sites is 1. The van der Waals surface area contributed by atoms with Crippen molar-refractivity contribution in [2.75, 3.05) is 7.11 Å². The number of hydrogen-bond acceptors (Lipinski definition) is 3. The second kappa shape index (κ2) is 5.17. The lowest BCUT2D eigenvalue weighted by Crippen LogP contribution is -2.03. The Hall–Kier alpha value is -2.62. The number of carbonyl (C=O) groups excluding carboxylic acids is 1. The highest BCUT2D eigenvalue weighted by atomic mass is 16.5. The van der Waals surface area contributed by atoms with Crippen LogP contribution in [0.4, 0.5) is 0 Å². The third kappa shape index (κ3) is 2.05. The maximum absolute atomic E-state index is 11.2. The van der Waals surface area contributed by atoms with Crippen LogP contribution < -0.4 is 4.74 Å². The van der Waals surface area contributed by atoms with Crippen LogP contribution in [0.5, 0.6) is 5.88 Å². The number of hydrogen-bond donors (Lipinski definition) is 0. The number of fused-ring (bicyclic) bond motifs is 1. The third-order valence-electron chi connectivity index (χ3n) is 3.33. The van der Waals surface area contributed by atoms with Crippen molar-refractivity contribution in [1.82, 2.24) is 9.55 Å². The van der Waals surface area contributed by atoms with Gasteiger partial charge < -0.3 is 9.30 Å². The molecule has 0 aliphatic carbocycles. The molecule has 0 aliphatic rings. The average Bonchev–Trinajstić information content (AvgIpc) is 2.91. The molecule has 100 valence electrons. The number of methoxy groups -OCH3 is 1. The second-order valence-corrected chi connectivity index (χ2v) is 4.52. The predicted molar refractivity (Wildman–Crippen MR) is 77.2 cm³/mol. The molecule has 1 aromatic carbocycles. The van der Waals surface area contributed by atoms with Crippen LogP contribution in [0.2, 0.25) is 0 Å². The van der Waals surface area contributed by atoms with E-state index in [2.05, 4.69) is 4.98 Å². The van der Waals surface area contributed by atoms with Crippen molar-refractivity contribution in [3.8, 4) is 5.88 Å². The molecule has 2 aromatic heterocycles. The number of benzene rings is 1. The molecular formula is C16H14N2O2. The zero-order chi connectivity index (χ0) is 13.9. The fourth-order valence-corrected chi connectivity index (χ4v) is 2.43. The van der Waals surface area contributed by atoms with Crippen molar-refractivity contribution in [2.45, 2.75) is 6.54 Å². The Balaban J connectivity index is 2.09. The molecule has 0 aliphatic heterocycles. The molecule has 0 amide bonds. The Kier molecular flexibility index (Phi) is 3.21. The highest BCUT2D eigenvalue weighted by molar-refractivity contribution is 5.96. The molecule has 0 spiro atoms. The van der Waals surface area contributed by atoms with Gasteiger partial charge in [0.2, 0.25) is 5.88 Å². The monoisotopic (exact) mass is 266 g/mol. The van der Waals surface area contributed by atoms with Crippen LogP contribution in [-0.4, -0.2) is 22.9 Å². The van der Waals surface area contributed by atoms with Gasteiger partial charge in [0.05, 0.1) is 19.2 Å². The van der Waals surface area contributed by atoms with E-state index in [1.807, 2.05) is 47.2 Å². The molecule has 3 aromatic rings. The summed E-state index contributed by atoms with van der Waals surface area (Å²) < 4.78 is 7.31. The van der Waals surface area contributed by atoms with Gasteiger partial charge in [-0.15, -0.1) is 0 Å². The number of aromatic nitrogens is 2. The molecule has 20 heavy (non-hydrogen) atoms. The van der Waals surface area contributed by atoms with Crippen LogP contribution in [0.25, 0.3) is 10.9 Å². The summed E-state index contributed by atoms with van der Waals surface area (Å²) in [5, 5.41) is 1.05. The zero-order valence-corrected chi connectivity index (χ0v) is 11.1. The van der Waals surface area contributed by atoms with Crippen LogP contribution >= 0.6 is 0 Å². The third-order valence-corrected chi connectivity index (χ3v) is 3.33. The first-order valence-corrected chi connectivity index (χ1v) is 6.34. The molecule has 0 fully saturated rings. The summed E-state index contributed by atoms with van der Waals surface area (Å²) in [6.07, 6.45) is 4.57. The van der Waals surface area contributed by atoms with Gasteiger partial charge in [0.15, 0.2) is 6.29 Å². The van der Waals surface area contributed by atoms with Gasteiger partial charge in [-0.05, 0) is 18.2 Å². The van der Waals surface area contributed by atoms with E-state index < -0.39 is 0 Å². The largest absolute Gasteiger partial charge is 0.481 e. The Morgan fingerprint density at radius 1 is 1.25 bits per heavy atom. The lowest BCUT2D eigenvalue weighted by molar-refractivity contribution is 0.112. The fraction of sp³-hybridized carbons (Fsp3) is 0.125. The summed E-state index contributed by atoms with van der Waals surface area (Å²) in [6, 6.07) is 11.6. The number of nitrogens with zero attached hydrogens (tertiary/aromatic N) is 2. The number of pyridine rings is 1. The van der Waals surface area contributed by atoms with Gasteiger partial charge in [-0.1, -0.05) is 18.2 Å².